The first kappa shape index (κ1) is 10.8. The fourth-order valence-electron chi connectivity index (χ4n) is 3.02. The number of carbonyl (C=O) groups is 1. The molecule has 1 atom stereocenters. The van der Waals surface area contributed by atoms with Crippen LogP contribution in [-0.2, 0) is 10.3 Å². The molecule has 1 saturated carbocycles. The number of carbonyl (C=O) groups excluding carboxylic acids is 1. The van der Waals surface area contributed by atoms with Crippen molar-refractivity contribution in [1.29, 1.82) is 0 Å². The molecule has 1 heterocycles. The van der Waals surface area contributed by atoms with E-state index >= 15 is 0 Å². The van der Waals surface area contributed by atoms with Gasteiger partial charge in [0.2, 0.25) is 5.91 Å². The number of amides is 1. The summed E-state index contributed by atoms with van der Waals surface area (Å²) >= 11 is 0. The van der Waals surface area contributed by atoms with Crippen LogP contribution >= 0.6 is 0 Å². The van der Waals surface area contributed by atoms with E-state index in [2.05, 4.69) is 17.4 Å². The van der Waals surface area contributed by atoms with Crippen molar-refractivity contribution in [2.45, 2.75) is 44.1 Å². The van der Waals surface area contributed by atoms with Gasteiger partial charge in [-0.15, -0.1) is 0 Å². The summed E-state index contributed by atoms with van der Waals surface area (Å²) in [5, 5.41) is 2.90. The molecule has 1 aliphatic heterocycles. The molecule has 1 amide bonds. The van der Waals surface area contributed by atoms with Crippen LogP contribution in [0.25, 0.3) is 0 Å². The third-order valence-electron chi connectivity index (χ3n) is 4.24. The molecule has 3 heteroatoms. The van der Waals surface area contributed by atoms with Gasteiger partial charge in [-0.05, 0) is 37.0 Å². The van der Waals surface area contributed by atoms with Gasteiger partial charge in [0, 0.05) is 11.2 Å². The lowest BCUT2D eigenvalue weighted by atomic mass is 9.87. The number of benzene rings is 1. The van der Waals surface area contributed by atoms with Gasteiger partial charge in [0.15, 0.2) is 0 Å². The summed E-state index contributed by atoms with van der Waals surface area (Å²) in [5.74, 6) is 0.0459. The number of hydrogen-bond acceptors (Lipinski definition) is 2. The van der Waals surface area contributed by atoms with Crippen molar-refractivity contribution in [2.75, 3.05) is 5.32 Å². The van der Waals surface area contributed by atoms with E-state index in [4.69, 9.17) is 5.73 Å². The molecule has 1 aliphatic carbocycles. The Kier molecular flexibility index (Phi) is 2.26. The van der Waals surface area contributed by atoms with Crippen LogP contribution in [0, 0.1) is 0 Å². The Hall–Kier alpha value is -1.35. The first-order valence-electron chi connectivity index (χ1n) is 6.34. The van der Waals surface area contributed by atoms with Gasteiger partial charge in [-0.3, -0.25) is 4.79 Å². The molecule has 3 nitrogen and oxygen atoms in total. The molecule has 3 N–H and O–H groups in total. The van der Waals surface area contributed by atoms with Crippen molar-refractivity contribution in [3.8, 4) is 0 Å². The fourth-order valence-corrected chi connectivity index (χ4v) is 3.02. The topological polar surface area (TPSA) is 55.1 Å². The van der Waals surface area contributed by atoms with Gasteiger partial charge in [0.1, 0.15) is 0 Å². The van der Waals surface area contributed by atoms with Gasteiger partial charge in [-0.2, -0.15) is 0 Å². The molecule has 2 aliphatic rings. The monoisotopic (exact) mass is 230 g/mol. The Balaban J connectivity index is 2.02. The van der Waals surface area contributed by atoms with Crippen LogP contribution in [0.1, 0.15) is 49.7 Å². The van der Waals surface area contributed by atoms with Crippen molar-refractivity contribution in [2.24, 2.45) is 5.73 Å². The molecule has 17 heavy (non-hydrogen) atoms. The number of fused-ring (bicyclic) bond motifs is 1. The van der Waals surface area contributed by atoms with Crippen LogP contribution in [0.15, 0.2) is 18.2 Å². The van der Waals surface area contributed by atoms with Gasteiger partial charge in [-0.1, -0.05) is 25.0 Å². The molecule has 1 aromatic rings. The first-order chi connectivity index (χ1) is 8.10. The molecular weight excluding hydrogens is 212 g/mol. The lowest BCUT2D eigenvalue weighted by molar-refractivity contribution is -0.116. The van der Waals surface area contributed by atoms with Crippen LogP contribution in [0.4, 0.5) is 5.69 Å². The van der Waals surface area contributed by atoms with E-state index in [9.17, 15) is 4.79 Å². The third-order valence-corrected chi connectivity index (χ3v) is 4.24. The number of rotatable bonds is 1. The smallest absolute Gasteiger partial charge is 0.231 e. The minimum absolute atomic E-state index is 0.0463. The second-order valence-corrected chi connectivity index (χ2v) is 5.38. The van der Waals surface area contributed by atoms with Crippen LogP contribution in [0.5, 0.6) is 0 Å². The molecule has 0 radical (unpaired) electrons. The molecule has 1 aromatic carbocycles. The third kappa shape index (κ3) is 1.57. The molecule has 0 bridgehead atoms. The van der Waals surface area contributed by atoms with E-state index < -0.39 is 0 Å². The normalized spacial score (nSPS) is 25.8. The maximum atomic E-state index is 11.6. The largest absolute Gasteiger partial charge is 0.325 e. The summed E-state index contributed by atoms with van der Waals surface area (Å²) in [7, 11) is 0. The Morgan fingerprint density at radius 2 is 2.06 bits per heavy atom. The fraction of sp³-hybridized carbons (Fsp3) is 0.500. The average Bonchev–Trinajstić information content (AvgIpc) is 2.86. The molecular formula is C14H18N2O. The zero-order chi connectivity index (χ0) is 12.0. The van der Waals surface area contributed by atoms with Crippen molar-refractivity contribution in [3.63, 3.8) is 0 Å². The lowest BCUT2D eigenvalue weighted by Crippen LogP contribution is -2.33. The summed E-state index contributed by atoms with van der Waals surface area (Å²) in [6.45, 7) is 1.95. The predicted octanol–water partition coefficient (Wildman–Crippen LogP) is 2.47. The van der Waals surface area contributed by atoms with E-state index in [0.717, 1.165) is 24.1 Å². The SMILES string of the molecule is CC1C(=O)Nc2ccc(C3(N)CCCC3)cc21. The zero-order valence-electron chi connectivity index (χ0n) is 10.1. The quantitative estimate of drug-likeness (QED) is 0.778. The molecule has 0 saturated heterocycles. The van der Waals surface area contributed by atoms with Crippen molar-refractivity contribution >= 4 is 11.6 Å². The first-order valence-corrected chi connectivity index (χ1v) is 6.34. The number of nitrogens with one attached hydrogen (secondary N) is 1. The molecule has 0 aromatic heterocycles. The second kappa shape index (κ2) is 3.57. The van der Waals surface area contributed by atoms with E-state index in [1.807, 2.05) is 13.0 Å². The van der Waals surface area contributed by atoms with Crippen molar-refractivity contribution in [3.05, 3.63) is 29.3 Å². The van der Waals surface area contributed by atoms with Gasteiger partial charge >= 0.3 is 0 Å². The van der Waals surface area contributed by atoms with Crippen LogP contribution < -0.4 is 11.1 Å². The minimum atomic E-state index is -0.166. The summed E-state index contributed by atoms with van der Waals surface area (Å²) < 4.78 is 0. The highest BCUT2D eigenvalue weighted by molar-refractivity contribution is 6.02. The van der Waals surface area contributed by atoms with E-state index in [1.165, 1.54) is 18.4 Å². The zero-order valence-corrected chi connectivity index (χ0v) is 10.1. The Labute approximate surface area is 101 Å². The summed E-state index contributed by atoms with van der Waals surface area (Å²) in [4.78, 5) is 11.6. The Morgan fingerprint density at radius 1 is 1.35 bits per heavy atom. The standard InChI is InChI=1S/C14H18N2O/c1-9-11-8-10(14(15)6-2-3-7-14)4-5-12(11)16-13(9)17/h4-5,8-9H,2-3,6-7,15H2,1H3,(H,16,17). The van der Waals surface area contributed by atoms with Gasteiger partial charge in [-0.25, -0.2) is 0 Å². The lowest BCUT2D eigenvalue weighted by Gasteiger charge is -2.25. The molecule has 3 rings (SSSR count). The highest BCUT2D eigenvalue weighted by Crippen LogP contribution is 2.40. The second-order valence-electron chi connectivity index (χ2n) is 5.38. The maximum absolute atomic E-state index is 11.6. The van der Waals surface area contributed by atoms with Crippen molar-refractivity contribution in [1.82, 2.24) is 0 Å². The molecule has 1 fully saturated rings. The van der Waals surface area contributed by atoms with E-state index in [1.54, 1.807) is 0 Å². The highest BCUT2D eigenvalue weighted by atomic mass is 16.2. The van der Waals surface area contributed by atoms with Gasteiger partial charge in [0.25, 0.3) is 0 Å². The Bertz CT molecular complexity index is 475. The summed E-state index contributed by atoms with van der Waals surface area (Å²) in [5.41, 5.74) is 9.53. The van der Waals surface area contributed by atoms with E-state index in [-0.39, 0.29) is 17.4 Å². The number of nitrogens with two attached hydrogens (primary N) is 1. The maximum Gasteiger partial charge on any atom is 0.231 e. The number of hydrogen-bond donors (Lipinski definition) is 2. The van der Waals surface area contributed by atoms with Crippen LogP contribution in [0.2, 0.25) is 0 Å². The van der Waals surface area contributed by atoms with Crippen LogP contribution in [-0.4, -0.2) is 5.91 Å². The summed E-state index contributed by atoms with van der Waals surface area (Å²) in [6, 6.07) is 6.20. The Morgan fingerprint density at radius 3 is 2.76 bits per heavy atom. The molecule has 1 unspecified atom stereocenters. The summed E-state index contributed by atoms with van der Waals surface area (Å²) in [6.07, 6.45) is 4.53. The van der Waals surface area contributed by atoms with Crippen LogP contribution in [0.3, 0.4) is 0 Å². The minimum Gasteiger partial charge on any atom is -0.325 e. The van der Waals surface area contributed by atoms with Gasteiger partial charge in [0.05, 0.1) is 5.92 Å². The predicted molar refractivity (Wildman–Crippen MR) is 67.8 cm³/mol. The number of anilines is 1. The molecule has 90 valence electrons. The van der Waals surface area contributed by atoms with Crippen molar-refractivity contribution < 1.29 is 4.79 Å². The molecule has 0 spiro atoms. The van der Waals surface area contributed by atoms with E-state index in [0.29, 0.717) is 0 Å². The highest BCUT2D eigenvalue weighted by Gasteiger charge is 2.34. The average molecular weight is 230 g/mol. The van der Waals surface area contributed by atoms with Gasteiger partial charge < -0.3 is 11.1 Å².